The average molecular weight is 221 g/mol. The topological polar surface area (TPSA) is 70.9 Å². The van der Waals surface area contributed by atoms with E-state index in [0.29, 0.717) is 13.0 Å². The second-order valence-electron chi connectivity index (χ2n) is 4.73. The van der Waals surface area contributed by atoms with Gasteiger partial charge in [0.05, 0.1) is 6.42 Å². The predicted octanol–water partition coefficient (Wildman–Crippen LogP) is 0.802. The minimum atomic E-state index is 0.0827. The number of H-pyrrole nitrogens is 1. The van der Waals surface area contributed by atoms with Crippen molar-refractivity contribution >= 4 is 5.91 Å². The third-order valence-corrected chi connectivity index (χ3v) is 3.53. The van der Waals surface area contributed by atoms with Crippen LogP contribution in [0.4, 0.5) is 0 Å². The summed E-state index contributed by atoms with van der Waals surface area (Å²) in [5, 5.41) is 2.98. The summed E-state index contributed by atoms with van der Waals surface area (Å²) in [4.78, 5) is 14.6. The molecule has 0 aromatic carbocycles. The van der Waals surface area contributed by atoms with E-state index < -0.39 is 0 Å². The fourth-order valence-corrected chi connectivity index (χ4v) is 2.13. The second-order valence-corrected chi connectivity index (χ2v) is 4.73. The Hall–Kier alpha value is -1.29. The van der Waals surface area contributed by atoms with Gasteiger partial charge in [-0.2, -0.15) is 0 Å². The average Bonchev–Trinajstić information content (AvgIpc) is 2.69. The van der Waals surface area contributed by atoms with Crippen LogP contribution < -0.4 is 11.1 Å². The van der Waals surface area contributed by atoms with E-state index in [1.165, 1.54) is 6.42 Å². The third kappa shape index (κ3) is 2.44. The Morgan fingerprint density at radius 3 is 2.88 bits per heavy atom. The van der Waals surface area contributed by atoms with Crippen molar-refractivity contribution in [2.45, 2.75) is 25.7 Å². The van der Waals surface area contributed by atoms with Crippen LogP contribution in [0.1, 0.15) is 24.8 Å². The van der Waals surface area contributed by atoms with E-state index in [0.717, 1.165) is 24.9 Å². The summed E-state index contributed by atoms with van der Waals surface area (Å²) in [5.74, 6) is 0.0827. The molecule has 1 aromatic rings. The van der Waals surface area contributed by atoms with Gasteiger partial charge in [0.1, 0.15) is 0 Å². The molecule has 1 saturated carbocycles. The van der Waals surface area contributed by atoms with Crippen LogP contribution in [0, 0.1) is 5.41 Å². The van der Waals surface area contributed by atoms with Crippen LogP contribution in [0.25, 0.3) is 0 Å². The monoisotopic (exact) mass is 221 g/mol. The van der Waals surface area contributed by atoms with Crippen molar-refractivity contribution < 1.29 is 4.79 Å². The molecule has 16 heavy (non-hydrogen) atoms. The van der Waals surface area contributed by atoms with Crippen LogP contribution in [0.15, 0.2) is 18.5 Å². The maximum Gasteiger partial charge on any atom is 0.224 e. The maximum atomic E-state index is 11.6. The van der Waals surface area contributed by atoms with Crippen molar-refractivity contribution in [3.63, 3.8) is 0 Å². The molecule has 4 N–H and O–H groups in total. The van der Waals surface area contributed by atoms with Gasteiger partial charge in [-0.25, -0.2) is 0 Å². The number of carbonyl (C=O) groups excluding carboxylic acids is 1. The molecule has 1 aromatic heterocycles. The summed E-state index contributed by atoms with van der Waals surface area (Å²) < 4.78 is 0. The van der Waals surface area contributed by atoms with Crippen molar-refractivity contribution in [3.8, 4) is 0 Å². The van der Waals surface area contributed by atoms with Crippen LogP contribution in [0.2, 0.25) is 0 Å². The highest BCUT2D eigenvalue weighted by Gasteiger charge is 2.35. The Bertz CT molecular complexity index is 336. The SMILES string of the molecule is NCC1(CNC(=O)Cc2cc[nH]c2)CCC1. The molecule has 1 aliphatic carbocycles. The first kappa shape index (κ1) is 11.2. The van der Waals surface area contributed by atoms with Crippen molar-refractivity contribution in [1.82, 2.24) is 10.3 Å². The van der Waals surface area contributed by atoms with Gasteiger partial charge in [0.15, 0.2) is 0 Å². The fraction of sp³-hybridized carbons (Fsp3) is 0.583. The highest BCUT2D eigenvalue weighted by molar-refractivity contribution is 5.78. The first-order valence-corrected chi connectivity index (χ1v) is 5.83. The number of aromatic nitrogens is 1. The van der Waals surface area contributed by atoms with Gasteiger partial charge < -0.3 is 16.0 Å². The first-order chi connectivity index (χ1) is 7.74. The van der Waals surface area contributed by atoms with Gasteiger partial charge in [-0.3, -0.25) is 4.79 Å². The van der Waals surface area contributed by atoms with Crippen molar-refractivity contribution in [1.29, 1.82) is 0 Å². The summed E-state index contributed by atoms with van der Waals surface area (Å²) in [6.45, 7) is 1.41. The lowest BCUT2D eigenvalue weighted by atomic mass is 9.69. The largest absolute Gasteiger partial charge is 0.367 e. The van der Waals surface area contributed by atoms with Crippen molar-refractivity contribution in [2.24, 2.45) is 11.1 Å². The van der Waals surface area contributed by atoms with Crippen LogP contribution in [-0.4, -0.2) is 24.0 Å². The molecule has 0 saturated heterocycles. The lowest BCUT2D eigenvalue weighted by Crippen LogP contribution is -2.47. The number of nitrogens with one attached hydrogen (secondary N) is 2. The third-order valence-electron chi connectivity index (χ3n) is 3.53. The minimum absolute atomic E-state index is 0.0827. The zero-order chi connectivity index (χ0) is 11.4. The molecule has 4 nitrogen and oxygen atoms in total. The molecule has 0 atom stereocenters. The minimum Gasteiger partial charge on any atom is -0.367 e. The number of hydrogen-bond donors (Lipinski definition) is 3. The predicted molar refractivity (Wildman–Crippen MR) is 62.8 cm³/mol. The maximum absolute atomic E-state index is 11.6. The smallest absolute Gasteiger partial charge is 0.224 e. The highest BCUT2D eigenvalue weighted by atomic mass is 16.1. The van der Waals surface area contributed by atoms with Gasteiger partial charge in [-0.1, -0.05) is 6.42 Å². The molecule has 0 bridgehead atoms. The van der Waals surface area contributed by atoms with Crippen LogP contribution in [0.5, 0.6) is 0 Å². The normalized spacial score (nSPS) is 17.8. The number of hydrogen-bond acceptors (Lipinski definition) is 2. The number of rotatable bonds is 5. The van der Waals surface area contributed by atoms with Gasteiger partial charge in [-0.15, -0.1) is 0 Å². The molecule has 1 heterocycles. The summed E-state index contributed by atoms with van der Waals surface area (Å²) >= 11 is 0. The Kier molecular flexibility index (Phi) is 3.29. The number of nitrogens with two attached hydrogens (primary N) is 1. The number of aromatic amines is 1. The number of amides is 1. The molecule has 0 radical (unpaired) electrons. The first-order valence-electron chi connectivity index (χ1n) is 5.83. The Labute approximate surface area is 95.6 Å². The van der Waals surface area contributed by atoms with Crippen LogP contribution >= 0.6 is 0 Å². The van der Waals surface area contributed by atoms with E-state index in [2.05, 4.69) is 10.3 Å². The van der Waals surface area contributed by atoms with Gasteiger partial charge in [-0.05, 0) is 36.4 Å². The Morgan fingerprint density at radius 1 is 1.56 bits per heavy atom. The van der Waals surface area contributed by atoms with E-state index in [1.807, 2.05) is 18.5 Å². The quantitative estimate of drug-likeness (QED) is 0.688. The van der Waals surface area contributed by atoms with Gasteiger partial charge in [0, 0.05) is 18.9 Å². The zero-order valence-electron chi connectivity index (χ0n) is 9.46. The fourth-order valence-electron chi connectivity index (χ4n) is 2.13. The summed E-state index contributed by atoms with van der Waals surface area (Å²) in [7, 11) is 0. The molecule has 1 fully saturated rings. The molecular formula is C12H19N3O. The standard InChI is InChI=1S/C12H19N3O/c13-8-12(3-1-4-12)9-15-11(16)6-10-2-5-14-7-10/h2,5,7,14H,1,3-4,6,8-9,13H2,(H,15,16). The van der Waals surface area contributed by atoms with Crippen molar-refractivity contribution in [2.75, 3.05) is 13.1 Å². The number of carbonyl (C=O) groups is 1. The van der Waals surface area contributed by atoms with Gasteiger partial charge in [0.2, 0.25) is 5.91 Å². The molecule has 0 unspecified atom stereocenters. The van der Waals surface area contributed by atoms with E-state index in [-0.39, 0.29) is 11.3 Å². The van der Waals surface area contributed by atoms with Gasteiger partial charge >= 0.3 is 0 Å². The highest BCUT2D eigenvalue weighted by Crippen LogP contribution is 2.39. The second kappa shape index (κ2) is 4.70. The molecule has 2 rings (SSSR count). The van der Waals surface area contributed by atoms with Gasteiger partial charge in [0.25, 0.3) is 0 Å². The molecule has 1 aliphatic rings. The summed E-state index contributed by atoms with van der Waals surface area (Å²) in [6.07, 6.45) is 7.66. The molecule has 4 heteroatoms. The molecular weight excluding hydrogens is 202 g/mol. The van der Waals surface area contributed by atoms with Crippen LogP contribution in [-0.2, 0) is 11.2 Å². The van der Waals surface area contributed by atoms with E-state index in [4.69, 9.17) is 5.73 Å². The summed E-state index contributed by atoms with van der Waals surface area (Å²) in [6, 6.07) is 1.92. The van der Waals surface area contributed by atoms with E-state index in [9.17, 15) is 4.79 Å². The van der Waals surface area contributed by atoms with E-state index >= 15 is 0 Å². The van der Waals surface area contributed by atoms with Crippen LogP contribution in [0.3, 0.4) is 0 Å². The van der Waals surface area contributed by atoms with E-state index in [1.54, 1.807) is 0 Å². The molecule has 0 spiro atoms. The Morgan fingerprint density at radius 2 is 2.38 bits per heavy atom. The Balaban J connectivity index is 1.75. The van der Waals surface area contributed by atoms with Crippen molar-refractivity contribution in [3.05, 3.63) is 24.0 Å². The summed E-state index contributed by atoms with van der Waals surface area (Å²) in [5.41, 5.74) is 6.94. The lowest BCUT2D eigenvalue weighted by molar-refractivity contribution is -0.121. The molecule has 88 valence electrons. The lowest BCUT2D eigenvalue weighted by Gasteiger charge is -2.41. The molecule has 0 aliphatic heterocycles. The molecule has 1 amide bonds. The zero-order valence-corrected chi connectivity index (χ0v) is 9.46.